The largest absolute Gasteiger partial charge is 0.370 e. The fraction of sp³-hybridized carbons (Fsp3) is 0.267. The first-order valence-electron chi connectivity index (χ1n) is 6.56. The third-order valence-electron chi connectivity index (χ3n) is 3.83. The van der Waals surface area contributed by atoms with Crippen molar-refractivity contribution in [2.45, 2.75) is 19.0 Å². The molecule has 1 aromatic heterocycles. The SMILES string of the molecule is CC1(c2ccc(Br)cc2F)CN=C(N)N1Cc1cccs1. The zero-order valence-corrected chi connectivity index (χ0v) is 13.9. The van der Waals surface area contributed by atoms with Crippen molar-refractivity contribution in [3.8, 4) is 0 Å². The van der Waals surface area contributed by atoms with Crippen LogP contribution in [0.25, 0.3) is 0 Å². The Kier molecular flexibility index (Phi) is 3.75. The molecule has 0 radical (unpaired) electrons. The summed E-state index contributed by atoms with van der Waals surface area (Å²) in [7, 11) is 0. The van der Waals surface area contributed by atoms with Crippen LogP contribution >= 0.6 is 27.3 Å². The molecule has 0 bridgehead atoms. The molecule has 0 spiro atoms. The van der Waals surface area contributed by atoms with Gasteiger partial charge in [-0.1, -0.05) is 28.1 Å². The van der Waals surface area contributed by atoms with E-state index in [0.717, 1.165) is 4.47 Å². The lowest BCUT2D eigenvalue weighted by Gasteiger charge is -2.36. The van der Waals surface area contributed by atoms with Gasteiger partial charge in [-0.15, -0.1) is 11.3 Å². The van der Waals surface area contributed by atoms with Gasteiger partial charge in [0.25, 0.3) is 0 Å². The summed E-state index contributed by atoms with van der Waals surface area (Å²) in [6.45, 7) is 3.08. The predicted octanol–water partition coefficient (Wildman–Crippen LogP) is 3.70. The molecule has 0 amide bonds. The molecule has 6 heteroatoms. The van der Waals surface area contributed by atoms with Gasteiger partial charge in [-0.3, -0.25) is 4.99 Å². The average Bonchev–Trinajstić information content (AvgIpc) is 3.03. The van der Waals surface area contributed by atoms with Gasteiger partial charge in [0.1, 0.15) is 5.82 Å². The second kappa shape index (κ2) is 5.42. The van der Waals surface area contributed by atoms with Crippen molar-refractivity contribution in [2.75, 3.05) is 6.54 Å². The summed E-state index contributed by atoms with van der Waals surface area (Å²) in [6.07, 6.45) is 0. The molecule has 1 unspecified atom stereocenters. The molecular formula is C15H15BrFN3S. The highest BCUT2D eigenvalue weighted by molar-refractivity contribution is 9.10. The Bertz CT molecular complexity index is 686. The van der Waals surface area contributed by atoms with Crippen LogP contribution in [0.4, 0.5) is 4.39 Å². The maximum absolute atomic E-state index is 14.4. The van der Waals surface area contributed by atoms with Gasteiger partial charge in [0.2, 0.25) is 0 Å². The number of benzene rings is 1. The summed E-state index contributed by atoms with van der Waals surface area (Å²) in [6, 6.07) is 9.18. The number of halogens is 2. The Labute approximate surface area is 135 Å². The molecule has 21 heavy (non-hydrogen) atoms. The lowest BCUT2D eigenvalue weighted by atomic mass is 9.90. The molecule has 3 nitrogen and oxygen atoms in total. The molecule has 0 saturated carbocycles. The summed E-state index contributed by atoms with van der Waals surface area (Å²) in [5, 5.41) is 2.02. The lowest BCUT2D eigenvalue weighted by Crippen LogP contribution is -2.47. The minimum Gasteiger partial charge on any atom is -0.370 e. The molecule has 1 aromatic carbocycles. The van der Waals surface area contributed by atoms with Crippen LogP contribution in [-0.4, -0.2) is 17.4 Å². The molecule has 1 aliphatic heterocycles. The van der Waals surface area contributed by atoms with Crippen LogP contribution in [0.15, 0.2) is 45.2 Å². The zero-order chi connectivity index (χ0) is 15.0. The fourth-order valence-electron chi connectivity index (χ4n) is 2.63. The van der Waals surface area contributed by atoms with Gasteiger partial charge in [0.05, 0.1) is 18.6 Å². The first-order chi connectivity index (χ1) is 10.0. The number of nitrogens with zero attached hydrogens (tertiary/aromatic N) is 2. The molecule has 0 aliphatic carbocycles. The number of nitrogens with two attached hydrogens (primary N) is 1. The van der Waals surface area contributed by atoms with Crippen LogP contribution in [-0.2, 0) is 12.1 Å². The summed E-state index contributed by atoms with van der Waals surface area (Å²) in [4.78, 5) is 7.49. The summed E-state index contributed by atoms with van der Waals surface area (Å²) in [5.74, 6) is 0.223. The van der Waals surface area contributed by atoms with Gasteiger partial charge in [-0.05, 0) is 30.5 Å². The van der Waals surface area contributed by atoms with Gasteiger partial charge in [-0.25, -0.2) is 4.39 Å². The van der Waals surface area contributed by atoms with E-state index in [4.69, 9.17) is 5.73 Å². The van der Waals surface area contributed by atoms with Gasteiger partial charge < -0.3 is 10.6 Å². The normalized spacial score (nSPS) is 21.7. The molecule has 2 heterocycles. The first-order valence-corrected chi connectivity index (χ1v) is 8.23. The average molecular weight is 368 g/mol. The number of guanidine groups is 1. The second-order valence-electron chi connectivity index (χ2n) is 5.24. The molecule has 1 aliphatic rings. The van der Waals surface area contributed by atoms with Crippen molar-refractivity contribution in [2.24, 2.45) is 10.7 Å². The molecule has 3 rings (SSSR count). The van der Waals surface area contributed by atoms with E-state index in [-0.39, 0.29) is 5.82 Å². The minimum absolute atomic E-state index is 0.243. The van der Waals surface area contributed by atoms with Crippen LogP contribution in [0.2, 0.25) is 0 Å². The first kappa shape index (κ1) is 14.5. The van der Waals surface area contributed by atoms with Crippen molar-refractivity contribution >= 4 is 33.2 Å². The highest BCUT2D eigenvalue weighted by Crippen LogP contribution is 2.36. The van der Waals surface area contributed by atoms with E-state index in [9.17, 15) is 4.39 Å². The number of hydrogen-bond donors (Lipinski definition) is 1. The summed E-state index contributed by atoms with van der Waals surface area (Å²) in [5.41, 5.74) is 6.10. The highest BCUT2D eigenvalue weighted by atomic mass is 79.9. The maximum atomic E-state index is 14.4. The molecule has 0 saturated heterocycles. The van der Waals surface area contributed by atoms with E-state index in [2.05, 4.69) is 27.0 Å². The van der Waals surface area contributed by atoms with E-state index in [1.54, 1.807) is 17.4 Å². The number of thiophene rings is 1. The molecule has 2 aromatic rings. The van der Waals surface area contributed by atoms with Crippen LogP contribution in [0.3, 0.4) is 0 Å². The van der Waals surface area contributed by atoms with E-state index in [0.29, 0.717) is 24.6 Å². The standard InChI is InChI=1S/C15H15BrFN3S/c1-15(12-5-4-10(16)7-13(12)17)9-19-14(18)20(15)8-11-3-2-6-21-11/h2-7H,8-9H2,1H3,(H2,18,19). The Hall–Kier alpha value is -1.40. The molecule has 1 atom stereocenters. The van der Waals surface area contributed by atoms with E-state index in [1.807, 2.05) is 29.3 Å². The van der Waals surface area contributed by atoms with Gasteiger partial charge in [0.15, 0.2) is 5.96 Å². The smallest absolute Gasteiger partial charge is 0.192 e. The molecule has 110 valence electrons. The van der Waals surface area contributed by atoms with Gasteiger partial charge in [0, 0.05) is 14.9 Å². The number of aliphatic imine (C=N–C) groups is 1. The molecule has 0 fully saturated rings. The Balaban J connectivity index is 1.98. The maximum Gasteiger partial charge on any atom is 0.192 e. The lowest BCUT2D eigenvalue weighted by molar-refractivity contribution is 0.212. The van der Waals surface area contributed by atoms with Crippen molar-refractivity contribution in [3.05, 3.63) is 56.4 Å². The summed E-state index contributed by atoms with van der Waals surface area (Å²) < 4.78 is 15.1. The zero-order valence-electron chi connectivity index (χ0n) is 11.5. The predicted molar refractivity (Wildman–Crippen MR) is 87.8 cm³/mol. The van der Waals surface area contributed by atoms with Crippen molar-refractivity contribution in [3.63, 3.8) is 0 Å². The number of rotatable bonds is 3. The van der Waals surface area contributed by atoms with Gasteiger partial charge in [-0.2, -0.15) is 0 Å². The van der Waals surface area contributed by atoms with E-state index >= 15 is 0 Å². The molecular weight excluding hydrogens is 353 g/mol. The number of hydrogen-bond acceptors (Lipinski definition) is 4. The second-order valence-corrected chi connectivity index (χ2v) is 7.19. The van der Waals surface area contributed by atoms with Crippen molar-refractivity contribution < 1.29 is 4.39 Å². The highest BCUT2D eigenvalue weighted by Gasteiger charge is 2.41. The van der Waals surface area contributed by atoms with Crippen molar-refractivity contribution in [1.82, 2.24) is 4.90 Å². The topological polar surface area (TPSA) is 41.6 Å². The third-order valence-corrected chi connectivity index (χ3v) is 5.18. The van der Waals surface area contributed by atoms with E-state index < -0.39 is 5.54 Å². The van der Waals surface area contributed by atoms with Crippen LogP contribution in [0.5, 0.6) is 0 Å². The Morgan fingerprint density at radius 2 is 2.29 bits per heavy atom. The van der Waals surface area contributed by atoms with Crippen molar-refractivity contribution in [1.29, 1.82) is 0 Å². The Morgan fingerprint density at radius 1 is 1.48 bits per heavy atom. The molecule has 2 N–H and O–H groups in total. The fourth-order valence-corrected chi connectivity index (χ4v) is 3.66. The van der Waals surface area contributed by atoms with Crippen LogP contribution in [0.1, 0.15) is 17.4 Å². The Morgan fingerprint density at radius 3 is 2.95 bits per heavy atom. The monoisotopic (exact) mass is 367 g/mol. The van der Waals surface area contributed by atoms with Crippen LogP contribution < -0.4 is 5.73 Å². The third kappa shape index (κ3) is 2.58. The summed E-state index contributed by atoms with van der Waals surface area (Å²) >= 11 is 4.95. The quantitative estimate of drug-likeness (QED) is 0.898. The van der Waals surface area contributed by atoms with Gasteiger partial charge >= 0.3 is 0 Å². The van der Waals surface area contributed by atoms with E-state index in [1.165, 1.54) is 10.9 Å². The minimum atomic E-state index is -0.557. The van der Waals surface area contributed by atoms with Crippen LogP contribution in [0, 0.1) is 5.82 Å².